The Kier molecular flexibility index (Phi) is 1.96. The van der Waals surface area contributed by atoms with Crippen molar-refractivity contribution in [2.24, 2.45) is 4.99 Å². The van der Waals surface area contributed by atoms with Crippen LogP contribution >= 0.6 is 0 Å². The lowest BCUT2D eigenvalue weighted by Gasteiger charge is -2.10. The van der Waals surface area contributed by atoms with E-state index in [1.807, 2.05) is 13.8 Å². The van der Waals surface area contributed by atoms with Gasteiger partial charge in [-0.15, -0.1) is 0 Å². The van der Waals surface area contributed by atoms with Gasteiger partial charge in [0.1, 0.15) is 0 Å². The zero-order chi connectivity index (χ0) is 10.3. The topological polar surface area (TPSA) is 51.0 Å². The lowest BCUT2D eigenvalue weighted by molar-refractivity contribution is -0.421. The molecule has 1 aromatic rings. The summed E-state index contributed by atoms with van der Waals surface area (Å²) in [6.07, 6.45) is 2.73. The first kappa shape index (κ1) is 9.08. The predicted molar refractivity (Wildman–Crippen MR) is 49.2 cm³/mol. The van der Waals surface area contributed by atoms with Gasteiger partial charge < -0.3 is 4.57 Å². The maximum Gasteiger partial charge on any atom is 0.355 e. The van der Waals surface area contributed by atoms with Gasteiger partial charge in [-0.05, 0) is 13.8 Å². The van der Waals surface area contributed by atoms with Crippen LogP contribution in [-0.2, 0) is 0 Å². The lowest BCUT2D eigenvalue weighted by Crippen LogP contribution is -2.87. The summed E-state index contributed by atoms with van der Waals surface area (Å²) in [5.74, 6) is -0.385. The van der Waals surface area contributed by atoms with Crippen LogP contribution in [0.1, 0.15) is 30.2 Å². The van der Waals surface area contributed by atoms with Crippen LogP contribution < -0.4 is 5.32 Å². The standard InChI is InChI=1S/C9H10FN3O/c1-5(2)13-3-6(10)7-8(13)11-4-12-9(7)14/h3-5H,1-2H3,(H,11,12,14)/p+1. The van der Waals surface area contributed by atoms with Crippen LogP contribution in [0.5, 0.6) is 0 Å². The van der Waals surface area contributed by atoms with E-state index < -0.39 is 5.82 Å². The molecule has 0 fully saturated rings. The number of hydrogen-bond acceptors (Lipinski definition) is 2. The van der Waals surface area contributed by atoms with Crippen LogP contribution in [0, 0.1) is 5.82 Å². The van der Waals surface area contributed by atoms with E-state index in [0.717, 1.165) is 0 Å². The molecule has 0 atom stereocenters. The fourth-order valence-corrected chi connectivity index (χ4v) is 1.50. The zero-order valence-electron chi connectivity index (χ0n) is 7.99. The second kappa shape index (κ2) is 3.02. The molecule has 0 aromatic carbocycles. The van der Waals surface area contributed by atoms with Crippen molar-refractivity contribution in [3.8, 4) is 0 Å². The monoisotopic (exact) mass is 196 g/mol. The molecule has 2 heterocycles. The molecule has 1 aromatic heterocycles. The van der Waals surface area contributed by atoms with Gasteiger partial charge in [-0.1, -0.05) is 0 Å². The number of fused-ring (bicyclic) bond motifs is 1. The summed E-state index contributed by atoms with van der Waals surface area (Å²) in [4.78, 5) is 15.3. The van der Waals surface area contributed by atoms with Gasteiger partial charge in [-0.3, -0.25) is 0 Å². The highest BCUT2D eigenvalue weighted by Crippen LogP contribution is 2.27. The number of nitrogens with zero attached hydrogens (tertiary/aromatic N) is 2. The molecule has 0 unspecified atom stereocenters. The van der Waals surface area contributed by atoms with Crippen molar-refractivity contribution in [1.29, 1.82) is 0 Å². The lowest BCUT2D eigenvalue weighted by atomic mass is 10.2. The Morgan fingerprint density at radius 3 is 2.93 bits per heavy atom. The zero-order valence-corrected chi connectivity index (χ0v) is 7.99. The molecule has 0 bridgehead atoms. The van der Waals surface area contributed by atoms with Crippen molar-refractivity contribution in [2.45, 2.75) is 19.9 Å². The second-order valence-corrected chi connectivity index (χ2v) is 3.49. The van der Waals surface area contributed by atoms with E-state index in [-0.39, 0.29) is 17.5 Å². The van der Waals surface area contributed by atoms with E-state index in [1.54, 1.807) is 4.57 Å². The van der Waals surface area contributed by atoms with Gasteiger partial charge in [0.25, 0.3) is 0 Å². The first-order valence-corrected chi connectivity index (χ1v) is 4.43. The van der Waals surface area contributed by atoms with Crippen molar-refractivity contribution in [2.75, 3.05) is 0 Å². The van der Waals surface area contributed by atoms with Gasteiger partial charge in [-0.25, -0.2) is 14.5 Å². The Balaban J connectivity index is 2.65. The molecule has 0 saturated carbocycles. The first-order valence-electron chi connectivity index (χ1n) is 4.43. The van der Waals surface area contributed by atoms with Crippen molar-refractivity contribution in [3.05, 3.63) is 17.6 Å². The second-order valence-electron chi connectivity index (χ2n) is 3.49. The van der Waals surface area contributed by atoms with Gasteiger partial charge in [0, 0.05) is 12.2 Å². The van der Waals surface area contributed by atoms with Crippen molar-refractivity contribution in [1.82, 2.24) is 4.57 Å². The van der Waals surface area contributed by atoms with Gasteiger partial charge in [0.05, 0.1) is 0 Å². The summed E-state index contributed by atoms with van der Waals surface area (Å²) < 4.78 is 15.0. The smallest absolute Gasteiger partial charge is 0.326 e. The molecular formula is C9H11FN3O+. The number of amides is 1. The third-order valence-corrected chi connectivity index (χ3v) is 2.18. The first-order chi connectivity index (χ1) is 6.61. The Hall–Kier alpha value is -1.49. The summed E-state index contributed by atoms with van der Waals surface area (Å²) in [5.41, 5.74) is 0.0844. The average Bonchev–Trinajstić information content (AvgIpc) is 2.45. The summed E-state index contributed by atoms with van der Waals surface area (Å²) >= 11 is 0. The van der Waals surface area contributed by atoms with Crippen LogP contribution in [0.15, 0.2) is 11.2 Å². The van der Waals surface area contributed by atoms with Crippen LogP contribution in [-0.4, -0.2) is 16.8 Å². The maximum absolute atomic E-state index is 13.4. The molecule has 0 aliphatic carbocycles. The summed E-state index contributed by atoms with van der Waals surface area (Å²) in [7, 11) is 0. The predicted octanol–water partition coefficient (Wildman–Crippen LogP) is 0.585. The molecular weight excluding hydrogens is 185 g/mol. The Labute approximate surface area is 80.4 Å². The highest BCUT2D eigenvalue weighted by molar-refractivity contribution is 5.97. The minimum absolute atomic E-state index is 0.0844. The van der Waals surface area contributed by atoms with Gasteiger partial charge in [0.2, 0.25) is 0 Å². The molecule has 1 aliphatic heterocycles. The summed E-state index contributed by atoms with van der Waals surface area (Å²) in [6.45, 7) is 3.83. The SMILES string of the molecule is CC(C)n1cc(F)c2c1N=C[NH2+]C2=O. The minimum atomic E-state index is -0.494. The minimum Gasteiger partial charge on any atom is -0.326 e. The normalized spacial score (nSPS) is 15.0. The number of carbonyl (C=O) groups is 1. The van der Waals surface area contributed by atoms with Crippen molar-refractivity contribution >= 4 is 18.1 Å². The van der Waals surface area contributed by atoms with E-state index in [4.69, 9.17) is 0 Å². The average molecular weight is 196 g/mol. The molecule has 1 aliphatic rings. The molecule has 14 heavy (non-hydrogen) atoms. The van der Waals surface area contributed by atoms with Gasteiger partial charge in [-0.2, -0.15) is 4.99 Å². The largest absolute Gasteiger partial charge is 0.355 e. The van der Waals surface area contributed by atoms with Gasteiger partial charge in [0.15, 0.2) is 23.5 Å². The molecule has 4 nitrogen and oxygen atoms in total. The fourth-order valence-electron chi connectivity index (χ4n) is 1.50. The van der Waals surface area contributed by atoms with Crippen LogP contribution in [0.25, 0.3) is 0 Å². The third-order valence-electron chi connectivity index (χ3n) is 2.18. The molecule has 0 saturated heterocycles. The van der Waals surface area contributed by atoms with Gasteiger partial charge >= 0.3 is 5.91 Å². The summed E-state index contributed by atoms with van der Waals surface area (Å²) in [5, 5.41) is 1.27. The van der Waals surface area contributed by atoms with Crippen molar-refractivity contribution < 1.29 is 14.5 Å². The van der Waals surface area contributed by atoms with E-state index in [2.05, 4.69) is 4.99 Å². The Bertz CT molecular complexity index is 420. The molecule has 1 amide bonds. The molecule has 5 heteroatoms. The quantitative estimate of drug-likeness (QED) is 0.702. The van der Waals surface area contributed by atoms with Crippen LogP contribution in [0.3, 0.4) is 0 Å². The van der Waals surface area contributed by atoms with Crippen LogP contribution in [0.2, 0.25) is 0 Å². The third kappa shape index (κ3) is 1.17. The van der Waals surface area contributed by atoms with Crippen molar-refractivity contribution in [3.63, 3.8) is 0 Å². The highest BCUT2D eigenvalue weighted by atomic mass is 19.1. The molecule has 2 rings (SSSR count). The molecule has 74 valence electrons. The number of quaternary nitrogens is 1. The molecule has 0 spiro atoms. The Morgan fingerprint density at radius 2 is 2.29 bits per heavy atom. The maximum atomic E-state index is 13.4. The van der Waals surface area contributed by atoms with E-state index in [0.29, 0.717) is 5.82 Å². The number of aromatic nitrogens is 1. The number of hydrogen-bond donors (Lipinski definition) is 1. The number of primary amides is 1. The van der Waals surface area contributed by atoms with E-state index in [9.17, 15) is 9.18 Å². The number of rotatable bonds is 1. The molecule has 2 N–H and O–H groups in total. The number of carbonyl (C=O) groups excluding carboxylic acids is 1. The molecule has 0 radical (unpaired) electrons. The Morgan fingerprint density at radius 1 is 1.57 bits per heavy atom. The van der Waals surface area contributed by atoms with E-state index >= 15 is 0 Å². The van der Waals surface area contributed by atoms with E-state index in [1.165, 1.54) is 17.9 Å². The number of nitrogens with two attached hydrogens (primary N) is 1. The highest BCUT2D eigenvalue weighted by Gasteiger charge is 2.28. The number of aliphatic imine (C=N–C) groups is 1. The fraction of sp³-hybridized carbons (Fsp3) is 0.333. The number of halogens is 1. The summed E-state index contributed by atoms with van der Waals surface area (Å²) in [6, 6.07) is 0.0938. The van der Waals surface area contributed by atoms with Crippen LogP contribution in [0.4, 0.5) is 10.2 Å².